The molecule has 0 heterocycles. The first kappa shape index (κ1) is 17.8. The Morgan fingerprint density at radius 3 is 2.39 bits per heavy atom. The van der Waals surface area contributed by atoms with Crippen LogP contribution in [0.4, 0.5) is 5.69 Å². The van der Waals surface area contributed by atoms with Gasteiger partial charge >= 0.3 is 0 Å². The van der Waals surface area contributed by atoms with E-state index in [9.17, 15) is 13.2 Å². The average molecular weight is 338 g/mol. The molecule has 1 amide bonds. The summed E-state index contributed by atoms with van der Waals surface area (Å²) in [6.45, 7) is 6.30. The minimum atomic E-state index is -3.46. The Morgan fingerprint density at radius 1 is 1.26 bits per heavy atom. The maximum atomic E-state index is 12.3. The van der Waals surface area contributed by atoms with Crippen LogP contribution in [0.5, 0.6) is 0 Å². The highest BCUT2D eigenvalue weighted by molar-refractivity contribution is 7.92. The van der Waals surface area contributed by atoms with Crippen molar-refractivity contribution in [1.29, 1.82) is 0 Å². The zero-order chi connectivity index (χ0) is 17.3. The highest BCUT2D eigenvalue weighted by Crippen LogP contribution is 2.33. The summed E-state index contributed by atoms with van der Waals surface area (Å²) in [5.74, 6) is -0.0885. The first-order valence-electron chi connectivity index (χ1n) is 7.95. The molecule has 0 atom stereocenters. The van der Waals surface area contributed by atoms with Gasteiger partial charge in [-0.05, 0) is 29.9 Å². The minimum Gasteiger partial charge on any atom is -0.353 e. The summed E-state index contributed by atoms with van der Waals surface area (Å²) in [7, 11) is -3.46. The monoisotopic (exact) mass is 338 g/mol. The lowest BCUT2D eigenvalue weighted by molar-refractivity contribution is -0.121. The minimum absolute atomic E-state index is 0.0885. The van der Waals surface area contributed by atoms with Crippen molar-refractivity contribution in [3.63, 3.8) is 0 Å². The van der Waals surface area contributed by atoms with Crippen LogP contribution in [0, 0.1) is 0 Å². The molecule has 1 aromatic rings. The number of amides is 1. The second-order valence-electron chi connectivity index (χ2n) is 7.19. The number of nitrogens with one attached hydrogen (secondary N) is 1. The summed E-state index contributed by atoms with van der Waals surface area (Å²) < 4.78 is 25.9. The molecule has 1 fully saturated rings. The fourth-order valence-electron chi connectivity index (χ4n) is 2.52. The number of nitrogens with zero attached hydrogens (tertiary/aromatic N) is 1. The molecule has 0 aromatic heterocycles. The Hall–Kier alpha value is -1.56. The van der Waals surface area contributed by atoms with Crippen LogP contribution >= 0.6 is 0 Å². The van der Waals surface area contributed by atoms with Gasteiger partial charge in [0.2, 0.25) is 15.9 Å². The summed E-state index contributed by atoms with van der Waals surface area (Å²) >= 11 is 0. The number of sulfonamides is 1. The van der Waals surface area contributed by atoms with Gasteiger partial charge in [0.15, 0.2) is 0 Å². The van der Waals surface area contributed by atoms with E-state index in [2.05, 4.69) is 5.32 Å². The van der Waals surface area contributed by atoms with Crippen LogP contribution in [0.2, 0.25) is 0 Å². The predicted octanol–water partition coefficient (Wildman–Crippen LogP) is 2.42. The summed E-state index contributed by atoms with van der Waals surface area (Å²) in [6.07, 6.45) is 3.40. The van der Waals surface area contributed by atoms with E-state index in [0.717, 1.165) is 18.4 Å². The third-order valence-corrected chi connectivity index (χ3v) is 5.05. The van der Waals surface area contributed by atoms with Crippen molar-refractivity contribution in [2.24, 2.45) is 0 Å². The number of carbonyl (C=O) groups excluding carboxylic acids is 1. The van der Waals surface area contributed by atoms with Gasteiger partial charge in [0.05, 0.1) is 11.9 Å². The van der Waals surface area contributed by atoms with E-state index in [1.165, 1.54) is 10.6 Å². The fraction of sp³-hybridized carbons (Fsp3) is 0.588. The fourth-order valence-corrected chi connectivity index (χ4v) is 3.46. The van der Waals surface area contributed by atoms with Gasteiger partial charge in [0.25, 0.3) is 0 Å². The van der Waals surface area contributed by atoms with E-state index in [1.54, 1.807) is 6.07 Å². The third kappa shape index (κ3) is 4.96. The molecule has 5 nitrogen and oxygen atoms in total. The van der Waals surface area contributed by atoms with Crippen LogP contribution < -0.4 is 9.62 Å². The van der Waals surface area contributed by atoms with Gasteiger partial charge in [-0.25, -0.2) is 8.42 Å². The number of rotatable bonds is 6. The van der Waals surface area contributed by atoms with Gasteiger partial charge in [-0.15, -0.1) is 0 Å². The van der Waals surface area contributed by atoms with E-state index < -0.39 is 10.0 Å². The predicted molar refractivity (Wildman–Crippen MR) is 93.1 cm³/mol. The van der Waals surface area contributed by atoms with Gasteiger partial charge in [-0.3, -0.25) is 9.10 Å². The Balaban J connectivity index is 2.24. The molecule has 0 spiro atoms. The Bertz CT molecular complexity index is 673. The molecule has 2 rings (SSSR count). The van der Waals surface area contributed by atoms with Gasteiger partial charge in [-0.2, -0.15) is 0 Å². The summed E-state index contributed by atoms with van der Waals surface area (Å²) in [5.41, 5.74) is 1.42. The van der Waals surface area contributed by atoms with Crippen LogP contribution in [-0.2, 0) is 20.2 Å². The molecule has 1 aliphatic carbocycles. The molecule has 6 heteroatoms. The van der Waals surface area contributed by atoms with Crippen molar-refractivity contribution in [2.45, 2.75) is 51.5 Å². The standard InChI is InChI=1S/C17H26N2O3S/c1-17(2,3)14-7-5-6-8-15(14)19(23(4,21)22)12-11-16(20)18-13-9-10-13/h5-8,13H,9-12H2,1-4H3,(H,18,20). The van der Waals surface area contributed by atoms with Crippen LogP contribution in [-0.4, -0.2) is 33.2 Å². The lowest BCUT2D eigenvalue weighted by Crippen LogP contribution is -2.36. The van der Waals surface area contributed by atoms with Crippen molar-refractivity contribution in [3.05, 3.63) is 29.8 Å². The summed E-state index contributed by atoms with van der Waals surface area (Å²) in [5, 5.41) is 2.90. The van der Waals surface area contributed by atoms with Crippen molar-refractivity contribution in [2.75, 3.05) is 17.1 Å². The van der Waals surface area contributed by atoms with E-state index >= 15 is 0 Å². The molecular formula is C17H26N2O3S. The molecule has 0 unspecified atom stereocenters. The Kier molecular flexibility index (Phi) is 5.04. The largest absolute Gasteiger partial charge is 0.353 e. The van der Waals surface area contributed by atoms with E-state index in [-0.39, 0.29) is 30.3 Å². The Morgan fingerprint density at radius 2 is 1.87 bits per heavy atom. The van der Waals surface area contributed by atoms with Crippen LogP contribution in [0.15, 0.2) is 24.3 Å². The molecular weight excluding hydrogens is 312 g/mol. The number of anilines is 1. The number of hydrogen-bond acceptors (Lipinski definition) is 3. The second kappa shape index (κ2) is 6.51. The highest BCUT2D eigenvalue weighted by atomic mass is 32.2. The maximum Gasteiger partial charge on any atom is 0.232 e. The number of hydrogen-bond donors (Lipinski definition) is 1. The van der Waals surface area contributed by atoms with Crippen molar-refractivity contribution < 1.29 is 13.2 Å². The zero-order valence-electron chi connectivity index (χ0n) is 14.3. The summed E-state index contributed by atoms with van der Waals surface area (Å²) in [4.78, 5) is 11.9. The molecule has 0 radical (unpaired) electrons. The number of benzene rings is 1. The Labute approximate surface area is 139 Å². The normalized spacial score (nSPS) is 15.3. The van der Waals surface area contributed by atoms with Gasteiger partial charge in [-0.1, -0.05) is 39.0 Å². The van der Waals surface area contributed by atoms with Gasteiger partial charge in [0.1, 0.15) is 0 Å². The molecule has 1 aromatic carbocycles. The van der Waals surface area contributed by atoms with Crippen molar-refractivity contribution in [1.82, 2.24) is 5.32 Å². The van der Waals surface area contributed by atoms with E-state index in [4.69, 9.17) is 0 Å². The van der Waals surface area contributed by atoms with Crippen LogP contribution in [0.3, 0.4) is 0 Å². The molecule has 0 bridgehead atoms. The van der Waals surface area contributed by atoms with Crippen molar-refractivity contribution >= 4 is 21.6 Å². The molecule has 1 N–H and O–H groups in total. The smallest absolute Gasteiger partial charge is 0.232 e. The first-order valence-corrected chi connectivity index (χ1v) is 9.80. The summed E-state index contributed by atoms with van der Waals surface area (Å²) in [6, 6.07) is 7.77. The topological polar surface area (TPSA) is 66.5 Å². The van der Waals surface area contributed by atoms with Crippen molar-refractivity contribution in [3.8, 4) is 0 Å². The quantitative estimate of drug-likeness (QED) is 0.866. The first-order chi connectivity index (χ1) is 10.6. The third-order valence-electron chi connectivity index (χ3n) is 3.87. The number of carbonyl (C=O) groups is 1. The zero-order valence-corrected chi connectivity index (χ0v) is 15.1. The number of para-hydroxylation sites is 1. The highest BCUT2D eigenvalue weighted by Gasteiger charge is 2.27. The lowest BCUT2D eigenvalue weighted by Gasteiger charge is -2.30. The molecule has 0 aliphatic heterocycles. The molecule has 128 valence electrons. The van der Waals surface area contributed by atoms with Crippen LogP contribution in [0.1, 0.15) is 45.6 Å². The molecule has 0 saturated heterocycles. The van der Waals surface area contributed by atoms with E-state index in [0.29, 0.717) is 5.69 Å². The second-order valence-corrected chi connectivity index (χ2v) is 9.10. The molecule has 23 heavy (non-hydrogen) atoms. The lowest BCUT2D eigenvalue weighted by atomic mass is 9.86. The average Bonchev–Trinajstić information content (AvgIpc) is 3.20. The van der Waals surface area contributed by atoms with Gasteiger partial charge < -0.3 is 5.32 Å². The SMILES string of the molecule is CC(C)(C)c1ccccc1N(CCC(=O)NC1CC1)S(C)(=O)=O. The van der Waals surface area contributed by atoms with Gasteiger partial charge in [0, 0.05) is 19.0 Å². The molecule has 1 aliphatic rings. The molecule has 1 saturated carbocycles. The van der Waals surface area contributed by atoms with E-state index in [1.807, 2.05) is 39.0 Å². The maximum absolute atomic E-state index is 12.3. The van der Waals surface area contributed by atoms with Crippen LogP contribution in [0.25, 0.3) is 0 Å².